The second kappa shape index (κ2) is 8.35. The van der Waals surface area contributed by atoms with Gasteiger partial charge in [-0.1, -0.05) is 6.92 Å². The number of aromatic nitrogens is 1. The third kappa shape index (κ3) is 4.97. The first-order valence-corrected chi connectivity index (χ1v) is 7.07. The van der Waals surface area contributed by atoms with Crippen LogP contribution in [0, 0.1) is 0 Å². The van der Waals surface area contributed by atoms with Crippen LogP contribution in [0.2, 0.25) is 0 Å². The molecule has 1 unspecified atom stereocenters. The average Bonchev–Trinajstić information content (AvgIpc) is 2.75. The Morgan fingerprint density at radius 3 is 2.84 bits per heavy atom. The summed E-state index contributed by atoms with van der Waals surface area (Å²) in [6.07, 6.45) is 2.76. The van der Waals surface area contributed by atoms with E-state index in [2.05, 4.69) is 28.2 Å². The molecule has 1 aromatic rings. The molecule has 0 aliphatic carbocycles. The van der Waals surface area contributed by atoms with E-state index in [1.807, 2.05) is 16.8 Å². The van der Waals surface area contributed by atoms with E-state index in [0.29, 0.717) is 18.8 Å². The third-order valence-corrected chi connectivity index (χ3v) is 3.17. The molecule has 108 valence electrons. The van der Waals surface area contributed by atoms with Crippen LogP contribution in [0.1, 0.15) is 23.8 Å². The summed E-state index contributed by atoms with van der Waals surface area (Å²) in [5.41, 5.74) is 0.654. The second-order valence-corrected chi connectivity index (χ2v) is 5.18. The van der Waals surface area contributed by atoms with E-state index in [1.165, 1.54) is 0 Å². The Morgan fingerprint density at radius 1 is 1.53 bits per heavy atom. The molecule has 6 heteroatoms. The topological polar surface area (TPSA) is 52.5 Å². The minimum Gasteiger partial charge on any atom is -0.382 e. The molecule has 5 nitrogen and oxygen atoms in total. The van der Waals surface area contributed by atoms with Crippen LogP contribution in [0.5, 0.6) is 0 Å². The number of rotatable bonds is 8. The Labute approximate surface area is 122 Å². The van der Waals surface area contributed by atoms with Crippen molar-refractivity contribution >= 4 is 21.8 Å². The van der Waals surface area contributed by atoms with E-state index >= 15 is 0 Å². The van der Waals surface area contributed by atoms with Crippen molar-refractivity contribution in [3.8, 4) is 0 Å². The van der Waals surface area contributed by atoms with Gasteiger partial charge in [0.15, 0.2) is 0 Å². The maximum Gasteiger partial charge on any atom is 0.268 e. The number of carbonyl (C=O) groups is 1. The second-order valence-electron chi connectivity index (χ2n) is 4.26. The smallest absolute Gasteiger partial charge is 0.268 e. The van der Waals surface area contributed by atoms with E-state index in [4.69, 9.17) is 9.47 Å². The van der Waals surface area contributed by atoms with Crippen molar-refractivity contribution in [1.82, 2.24) is 9.88 Å². The Kier molecular flexibility index (Phi) is 7.12. The number of aryl methyl sites for hydroxylation is 1. The quantitative estimate of drug-likeness (QED) is 0.792. The van der Waals surface area contributed by atoms with Gasteiger partial charge in [0.1, 0.15) is 5.69 Å². The molecule has 1 aromatic heterocycles. The Bertz CT molecular complexity index is 407. The molecule has 0 radical (unpaired) electrons. The number of halogens is 1. The average molecular weight is 333 g/mol. The fraction of sp³-hybridized carbons (Fsp3) is 0.615. The molecule has 0 aromatic carbocycles. The van der Waals surface area contributed by atoms with Gasteiger partial charge in [-0.25, -0.2) is 0 Å². The lowest BCUT2D eigenvalue weighted by Gasteiger charge is -2.15. The molecule has 1 rings (SSSR count). The molecular weight excluding hydrogens is 312 g/mol. The van der Waals surface area contributed by atoms with Crippen molar-refractivity contribution in [2.24, 2.45) is 0 Å². The highest BCUT2D eigenvalue weighted by molar-refractivity contribution is 9.10. The predicted octanol–water partition coefficient (Wildman–Crippen LogP) is 2.05. The SMILES string of the molecule is CCCn1cc(Br)cc1C(=O)NCC(COC)OC. The lowest BCUT2D eigenvalue weighted by atomic mass is 10.3. The number of methoxy groups -OCH3 is 2. The fourth-order valence-corrected chi connectivity index (χ4v) is 2.25. The molecule has 0 saturated carbocycles. The van der Waals surface area contributed by atoms with Crippen molar-refractivity contribution in [2.45, 2.75) is 26.0 Å². The Morgan fingerprint density at radius 2 is 2.26 bits per heavy atom. The normalized spacial score (nSPS) is 12.4. The third-order valence-electron chi connectivity index (χ3n) is 2.74. The van der Waals surface area contributed by atoms with Gasteiger partial charge < -0.3 is 19.4 Å². The molecule has 0 aliphatic heterocycles. The molecule has 1 amide bonds. The lowest BCUT2D eigenvalue weighted by Crippen LogP contribution is -2.36. The lowest BCUT2D eigenvalue weighted by molar-refractivity contribution is 0.0284. The van der Waals surface area contributed by atoms with Gasteiger partial charge in [-0.15, -0.1) is 0 Å². The summed E-state index contributed by atoms with van der Waals surface area (Å²) in [5, 5.41) is 2.86. The number of amides is 1. The zero-order valence-corrected chi connectivity index (χ0v) is 13.2. The number of hydrogen-bond donors (Lipinski definition) is 1. The van der Waals surface area contributed by atoms with Crippen LogP contribution in [0.3, 0.4) is 0 Å². The Balaban J connectivity index is 2.62. The monoisotopic (exact) mass is 332 g/mol. The van der Waals surface area contributed by atoms with Gasteiger partial charge in [0.05, 0.1) is 12.7 Å². The van der Waals surface area contributed by atoms with Crippen LogP contribution >= 0.6 is 15.9 Å². The molecule has 1 N–H and O–H groups in total. The molecule has 0 aliphatic rings. The van der Waals surface area contributed by atoms with Crippen LogP contribution in [-0.4, -0.2) is 43.9 Å². The fourth-order valence-electron chi connectivity index (χ4n) is 1.78. The van der Waals surface area contributed by atoms with E-state index in [1.54, 1.807) is 14.2 Å². The van der Waals surface area contributed by atoms with Gasteiger partial charge in [-0.2, -0.15) is 0 Å². The molecule has 0 spiro atoms. The van der Waals surface area contributed by atoms with Crippen LogP contribution in [-0.2, 0) is 16.0 Å². The summed E-state index contributed by atoms with van der Waals surface area (Å²) in [6, 6.07) is 1.82. The van der Waals surface area contributed by atoms with Gasteiger partial charge in [-0.3, -0.25) is 4.79 Å². The zero-order chi connectivity index (χ0) is 14.3. The summed E-state index contributed by atoms with van der Waals surface area (Å²) < 4.78 is 13.1. The van der Waals surface area contributed by atoms with Gasteiger partial charge >= 0.3 is 0 Å². The molecule has 0 bridgehead atoms. The first kappa shape index (κ1) is 16.2. The van der Waals surface area contributed by atoms with Crippen LogP contribution in [0.25, 0.3) is 0 Å². The van der Waals surface area contributed by atoms with Crippen molar-refractivity contribution in [3.63, 3.8) is 0 Å². The summed E-state index contributed by atoms with van der Waals surface area (Å²) >= 11 is 3.39. The first-order chi connectivity index (χ1) is 9.12. The number of nitrogens with zero attached hydrogens (tertiary/aromatic N) is 1. The van der Waals surface area contributed by atoms with E-state index in [9.17, 15) is 4.79 Å². The predicted molar refractivity (Wildman–Crippen MR) is 77.4 cm³/mol. The van der Waals surface area contributed by atoms with Gasteiger partial charge in [0.25, 0.3) is 5.91 Å². The largest absolute Gasteiger partial charge is 0.382 e. The van der Waals surface area contributed by atoms with E-state index in [0.717, 1.165) is 17.4 Å². The molecule has 1 atom stereocenters. The van der Waals surface area contributed by atoms with Gasteiger partial charge in [-0.05, 0) is 28.4 Å². The first-order valence-electron chi connectivity index (χ1n) is 6.28. The highest BCUT2D eigenvalue weighted by atomic mass is 79.9. The van der Waals surface area contributed by atoms with Crippen LogP contribution < -0.4 is 5.32 Å². The van der Waals surface area contributed by atoms with Crippen molar-refractivity contribution in [2.75, 3.05) is 27.4 Å². The van der Waals surface area contributed by atoms with Crippen molar-refractivity contribution in [3.05, 3.63) is 22.4 Å². The minimum atomic E-state index is -0.132. The molecular formula is C13H21BrN2O3. The Hall–Kier alpha value is -0.850. The standard InChI is InChI=1S/C13H21BrN2O3/c1-4-5-16-8-10(14)6-12(16)13(17)15-7-11(19-3)9-18-2/h6,8,11H,4-5,7,9H2,1-3H3,(H,15,17). The van der Waals surface area contributed by atoms with Gasteiger partial charge in [0.2, 0.25) is 0 Å². The number of ether oxygens (including phenoxy) is 2. The molecule has 1 heterocycles. The summed E-state index contributed by atoms with van der Waals surface area (Å²) in [6.45, 7) is 3.78. The van der Waals surface area contributed by atoms with Crippen LogP contribution in [0.4, 0.5) is 0 Å². The molecule has 0 fully saturated rings. The van der Waals surface area contributed by atoms with Crippen molar-refractivity contribution < 1.29 is 14.3 Å². The zero-order valence-electron chi connectivity index (χ0n) is 11.6. The maximum absolute atomic E-state index is 12.1. The summed E-state index contributed by atoms with van der Waals surface area (Å²) in [5.74, 6) is -0.0997. The maximum atomic E-state index is 12.1. The van der Waals surface area contributed by atoms with E-state index in [-0.39, 0.29) is 12.0 Å². The highest BCUT2D eigenvalue weighted by Gasteiger charge is 2.14. The summed E-state index contributed by atoms with van der Waals surface area (Å²) in [4.78, 5) is 12.1. The number of hydrogen-bond acceptors (Lipinski definition) is 3. The highest BCUT2D eigenvalue weighted by Crippen LogP contribution is 2.15. The van der Waals surface area contributed by atoms with E-state index < -0.39 is 0 Å². The van der Waals surface area contributed by atoms with Gasteiger partial charge in [0, 0.05) is 38.0 Å². The van der Waals surface area contributed by atoms with Crippen molar-refractivity contribution in [1.29, 1.82) is 0 Å². The number of carbonyl (C=O) groups excluding carboxylic acids is 1. The minimum absolute atomic E-state index is 0.0997. The number of nitrogens with one attached hydrogen (secondary N) is 1. The molecule has 0 saturated heterocycles. The van der Waals surface area contributed by atoms with Crippen LogP contribution in [0.15, 0.2) is 16.7 Å². The summed E-state index contributed by atoms with van der Waals surface area (Å²) in [7, 11) is 3.21. The molecule has 19 heavy (non-hydrogen) atoms.